The van der Waals surface area contributed by atoms with Crippen molar-refractivity contribution in [3.63, 3.8) is 0 Å². The Morgan fingerprint density at radius 2 is 1.88 bits per heavy atom. The molecule has 0 aliphatic heterocycles. The lowest BCUT2D eigenvalue weighted by Gasteiger charge is -2.24. The summed E-state index contributed by atoms with van der Waals surface area (Å²) in [4.78, 5) is 29.2. The molecule has 0 fully saturated rings. The van der Waals surface area contributed by atoms with Gasteiger partial charge in [-0.25, -0.2) is 9.78 Å². The Bertz CT molecular complexity index is 744. The van der Waals surface area contributed by atoms with E-state index in [2.05, 4.69) is 10.3 Å². The second-order valence-electron chi connectivity index (χ2n) is 6.71. The summed E-state index contributed by atoms with van der Waals surface area (Å²) < 4.78 is 10.7. The molecule has 0 saturated carbocycles. The Labute approximate surface area is 147 Å². The molecule has 7 heteroatoms. The third-order valence-corrected chi connectivity index (χ3v) is 3.16. The molecule has 0 spiro atoms. The molecule has 1 N–H and O–H groups in total. The van der Waals surface area contributed by atoms with E-state index in [9.17, 15) is 9.59 Å². The van der Waals surface area contributed by atoms with E-state index in [-0.39, 0.29) is 12.5 Å². The van der Waals surface area contributed by atoms with Gasteiger partial charge in [0, 0.05) is 25.2 Å². The second-order valence-corrected chi connectivity index (χ2v) is 6.71. The number of benzene rings is 1. The summed E-state index contributed by atoms with van der Waals surface area (Å²) in [6.45, 7) is 7.00. The monoisotopic (exact) mass is 345 g/mol. The molecule has 0 radical (unpaired) electrons. The first-order chi connectivity index (χ1) is 11.6. The van der Waals surface area contributed by atoms with Gasteiger partial charge in [0.2, 0.25) is 5.91 Å². The lowest BCUT2D eigenvalue weighted by molar-refractivity contribution is -0.117. The first-order valence-corrected chi connectivity index (χ1v) is 7.91. The maximum absolute atomic E-state index is 12.1. The van der Waals surface area contributed by atoms with Gasteiger partial charge in [-0.2, -0.15) is 0 Å². The highest BCUT2D eigenvalue weighted by Crippen LogP contribution is 2.22. The molecule has 7 nitrogen and oxygen atoms in total. The fourth-order valence-corrected chi connectivity index (χ4v) is 2.03. The largest absolute Gasteiger partial charge is 0.444 e. The van der Waals surface area contributed by atoms with Crippen LogP contribution in [0.15, 0.2) is 34.9 Å². The van der Waals surface area contributed by atoms with E-state index in [0.29, 0.717) is 17.3 Å². The first kappa shape index (κ1) is 18.5. The standard InChI is InChI=1S/C18H23N3O4/c1-12-19-10-15(24-12)13-6-8-14(9-7-13)20-16(22)11-21(5)17(23)25-18(2,3)4/h6-10H,11H2,1-5H3,(H,20,22). The summed E-state index contributed by atoms with van der Waals surface area (Å²) in [6.07, 6.45) is 1.11. The lowest BCUT2D eigenvalue weighted by Crippen LogP contribution is -2.38. The number of aryl methyl sites for hydroxylation is 1. The van der Waals surface area contributed by atoms with Crippen molar-refractivity contribution in [3.8, 4) is 11.3 Å². The average Bonchev–Trinajstić information content (AvgIpc) is 2.92. The molecule has 2 amide bonds. The van der Waals surface area contributed by atoms with Gasteiger partial charge in [0.1, 0.15) is 12.1 Å². The van der Waals surface area contributed by atoms with Gasteiger partial charge in [0.25, 0.3) is 0 Å². The van der Waals surface area contributed by atoms with E-state index in [4.69, 9.17) is 9.15 Å². The predicted octanol–water partition coefficient (Wildman–Crippen LogP) is 3.46. The second kappa shape index (κ2) is 7.38. The van der Waals surface area contributed by atoms with E-state index in [1.807, 2.05) is 12.1 Å². The predicted molar refractivity (Wildman–Crippen MR) is 94.2 cm³/mol. The van der Waals surface area contributed by atoms with Crippen molar-refractivity contribution in [1.82, 2.24) is 9.88 Å². The molecular weight excluding hydrogens is 322 g/mol. The topological polar surface area (TPSA) is 84.7 Å². The van der Waals surface area contributed by atoms with Crippen LogP contribution in [0.4, 0.5) is 10.5 Å². The van der Waals surface area contributed by atoms with E-state index in [0.717, 1.165) is 5.56 Å². The number of carbonyl (C=O) groups is 2. The van der Waals surface area contributed by atoms with Crippen LogP contribution in [-0.2, 0) is 9.53 Å². The number of amides is 2. The highest BCUT2D eigenvalue weighted by molar-refractivity contribution is 5.94. The van der Waals surface area contributed by atoms with E-state index < -0.39 is 11.7 Å². The van der Waals surface area contributed by atoms with Crippen molar-refractivity contribution in [2.75, 3.05) is 18.9 Å². The molecule has 0 atom stereocenters. The highest BCUT2D eigenvalue weighted by atomic mass is 16.6. The molecule has 0 saturated heterocycles. The number of likely N-dealkylation sites (N-methyl/N-ethyl adjacent to an activating group) is 1. The molecule has 0 bridgehead atoms. The van der Waals surface area contributed by atoms with Crippen LogP contribution >= 0.6 is 0 Å². The number of carbonyl (C=O) groups excluding carboxylic acids is 2. The molecule has 0 aliphatic rings. The van der Waals surface area contributed by atoms with Gasteiger partial charge in [-0.1, -0.05) is 0 Å². The number of aromatic nitrogens is 1. The van der Waals surface area contributed by atoms with Gasteiger partial charge < -0.3 is 19.4 Å². The lowest BCUT2D eigenvalue weighted by atomic mass is 10.1. The van der Waals surface area contributed by atoms with Gasteiger partial charge in [-0.15, -0.1) is 0 Å². The fraction of sp³-hybridized carbons (Fsp3) is 0.389. The van der Waals surface area contributed by atoms with Crippen LogP contribution in [-0.4, -0.2) is 41.1 Å². The van der Waals surface area contributed by atoms with Gasteiger partial charge >= 0.3 is 6.09 Å². The van der Waals surface area contributed by atoms with Crippen molar-refractivity contribution < 1.29 is 18.7 Å². The number of hydrogen-bond acceptors (Lipinski definition) is 5. The number of rotatable bonds is 4. The minimum atomic E-state index is -0.600. The molecule has 1 aromatic heterocycles. The van der Waals surface area contributed by atoms with Crippen LogP contribution in [0.2, 0.25) is 0 Å². The summed E-state index contributed by atoms with van der Waals surface area (Å²) in [7, 11) is 1.52. The Hall–Kier alpha value is -2.83. The van der Waals surface area contributed by atoms with E-state index in [1.165, 1.54) is 11.9 Å². The molecule has 25 heavy (non-hydrogen) atoms. The van der Waals surface area contributed by atoms with Crippen LogP contribution in [0.3, 0.4) is 0 Å². The van der Waals surface area contributed by atoms with Crippen molar-refractivity contribution >= 4 is 17.7 Å². The zero-order valence-corrected chi connectivity index (χ0v) is 15.1. The first-order valence-electron chi connectivity index (χ1n) is 7.91. The van der Waals surface area contributed by atoms with E-state index >= 15 is 0 Å². The summed E-state index contributed by atoms with van der Waals surface area (Å²) in [5.41, 5.74) is 0.892. The zero-order chi connectivity index (χ0) is 18.6. The van der Waals surface area contributed by atoms with Crippen LogP contribution in [0.1, 0.15) is 26.7 Å². The minimum Gasteiger partial charge on any atom is -0.444 e. The number of oxazole rings is 1. The smallest absolute Gasteiger partial charge is 0.410 e. The molecule has 2 rings (SSSR count). The molecule has 1 aromatic carbocycles. The molecule has 0 unspecified atom stereocenters. The summed E-state index contributed by atoms with van der Waals surface area (Å²) in [5.74, 6) is 0.953. The molecule has 2 aromatic rings. The van der Waals surface area contributed by atoms with Crippen LogP contribution in [0.5, 0.6) is 0 Å². The summed E-state index contributed by atoms with van der Waals surface area (Å²) in [5, 5.41) is 2.74. The summed E-state index contributed by atoms with van der Waals surface area (Å²) in [6, 6.07) is 7.18. The van der Waals surface area contributed by atoms with E-state index in [1.54, 1.807) is 46.0 Å². The zero-order valence-electron chi connectivity index (χ0n) is 15.1. The number of anilines is 1. The maximum atomic E-state index is 12.1. The van der Waals surface area contributed by atoms with Crippen LogP contribution in [0, 0.1) is 6.92 Å². The normalized spacial score (nSPS) is 11.1. The molecule has 0 aliphatic carbocycles. The van der Waals surface area contributed by atoms with Gasteiger partial charge in [0.15, 0.2) is 11.7 Å². The van der Waals surface area contributed by atoms with Crippen LogP contribution in [0.25, 0.3) is 11.3 Å². The average molecular weight is 345 g/mol. The third kappa shape index (κ3) is 5.63. The molecule has 134 valence electrons. The molecular formula is C18H23N3O4. The minimum absolute atomic E-state index is 0.0992. The van der Waals surface area contributed by atoms with Gasteiger partial charge in [0.05, 0.1) is 6.20 Å². The third-order valence-electron chi connectivity index (χ3n) is 3.16. The highest BCUT2D eigenvalue weighted by Gasteiger charge is 2.21. The fourth-order valence-electron chi connectivity index (χ4n) is 2.03. The summed E-state index contributed by atoms with van der Waals surface area (Å²) >= 11 is 0. The Balaban J connectivity index is 1.91. The van der Waals surface area contributed by atoms with Crippen LogP contribution < -0.4 is 5.32 Å². The number of nitrogens with zero attached hydrogens (tertiary/aromatic N) is 2. The Morgan fingerprint density at radius 1 is 1.24 bits per heavy atom. The number of hydrogen-bond donors (Lipinski definition) is 1. The van der Waals surface area contributed by atoms with Crippen molar-refractivity contribution in [2.45, 2.75) is 33.3 Å². The molecule has 1 heterocycles. The Morgan fingerprint density at radius 3 is 2.40 bits per heavy atom. The quantitative estimate of drug-likeness (QED) is 0.917. The van der Waals surface area contributed by atoms with Crippen molar-refractivity contribution in [3.05, 3.63) is 36.4 Å². The van der Waals surface area contributed by atoms with Crippen molar-refractivity contribution in [1.29, 1.82) is 0 Å². The Kier molecular flexibility index (Phi) is 5.46. The van der Waals surface area contributed by atoms with Gasteiger partial charge in [-0.3, -0.25) is 4.79 Å². The van der Waals surface area contributed by atoms with Crippen molar-refractivity contribution in [2.24, 2.45) is 0 Å². The van der Waals surface area contributed by atoms with Gasteiger partial charge in [-0.05, 0) is 45.0 Å². The SMILES string of the molecule is Cc1ncc(-c2ccc(NC(=O)CN(C)C(=O)OC(C)(C)C)cc2)o1. The maximum Gasteiger partial charge on any atom is 0.410 e. The number of nitrogens with one attached hydrogen (secondary N) is 1. The number of ether oxygens (including phenoxy) is 1.